The second kappa shape index (κ2) is 9.59. The average molecular weight is 555 g/mol. The number of ketones is 1. The molecule has 1 unspecified atom stereocenters. The number of thiazole rings is 1. The molecule has 0 aliphatic carbocycles. The number of hydrogen-bond acceptors (Lipinski definition) is 7. The van der Waals surface area contributed by atoms with Crippen LogP contribution < -0.4 is 9.64 Å². The van der Waals surface area contributed by atoms with E-state index in [1.807, 2.05) is 27.7 Å². The first kappa shape index (κ1) is 26.0. The molecule has 2 aromatic carbocycles. The summed E-state index contributed by atoms with van der Waals surface area (Å²) in [6.45, 7) is 8.37. The SMILES string of the molecule is CCOc1ccc(/C(O)=C2\C(=O)C(=O)N(c3nc4c(F)cc(F)cc4s3)C2c2cccs2)cc1C(C)(C)C. The summed E-state index contributed by atoms with van der Waals surface area (Å²) < 4.78 is 34.2. The molecule has 2 aromatic heterocycles. The number of aliphatic hydroxyl groups excluding tert-OH is 1. The smallest absolute Gasteiger partial charge is 0.301 e. The summed E-state index contributed by atoms with van der Waals surface area (Å²) in [6, 6.07) is 9.50. The van der Waals surface area contributed by atoms with Gasteiger partial charge in [0.15, 0.2) is 10.9 Å². The minimum atomic E-state index is -0.992. The Morgan fingerprint density at radius 2 is 1.92 bits per heavy atom. The molecule has 1 aliphatic heterocycles. The van der Waals surface area contributed by atoms with Crippen molar-refractivity contribution in [1.82, 2.24) is 4.98 Å². The number of carbonyl (C=O) groups excluding carboxylic acids is 2. The first-order chi connectivity index (χ1) is 18.0. The Labute approximate surface area is 225 Å². The lowest BCUT2D eigenvalue weighted by Crippen LogP contribution is -2.28. The first-order valence-electron chi connectivity index (χ1n) is 11.9. The normalized spacial score (nSPS) is 17.5. The van der Waals surface area contributed by atoms with Gasteiger partial charge in [-0.1, -0.05) is 38.2 Å². The molecular formula is C28H24F2N2O4S2. The monoisotopic (exact) mass is 554 g/mol. The highest BCUT2D eigenvalue weighted by Gasteiger charge is 2.48. The van der Waals surface area contributed by atoms with Gasteiger partial charge in [0.2, 0.25) is 0 Å². The van der Waals surface area contributed by atoms with Gasteiger partial charge in [-0.25, -0.2) is 13.8 Å². The van der Waals surface area contributed by atoms with E-state index in [4.69, 9.17) is 4.74 Å². The van der Waals surface area contributed by atoms with Crippen LogP contribution in [0.4, 0.5) is 13.9 Å². The molecule has 3 heterocycles. The summed E-state index contributed by atoms with van der Waals surface area (Å²) >= 11 is 2.20. The molecule has 5 rings (SSSR count). The molecule has 4 aromatic rings. The molecule has 1 saturated heterocycles. The van der Waals surface area contributed by atoms with Gasteiger partial charge in [-0.05, 0) is 48.1 Å². The van der Waals surface area contributed by atoms with Crippen LogP contribution in [-0.4, -0.2) is 28.4 Å². The number of Topliss-reactive ketones (excluding diaryl/α,β-unsaturated/α-hetero) is 1. The van der Waals surface area contributed by atoms with Crippen molar-refractivity contribution in [3.63, 3.8) is 0 Å². The third-order valence-electron chi connectivity index (χ3n) is 6.23. The van der Waals surface area contributed by atoms with Crippen molar-refractivity contribution in [2.45, 2.75) is 39.2 Å². The minimum absolute atomic E-state index is 0.0334. The second-order valence-electron chi connectivity index (χ2n) is 9.81. The van der Waals surface area contributed by atoms with Crippen LogP contribution in [0, 0.1) is 11.6 Å². The molecular weight excluding hydrogens is 530 g/mol. The van der Waals surface area contributed by atoms with Gasteiger partial charge in [0, 0.05) is 22.1 Å². The second-order valence-corrected chi connectivity index (χ2v) is 11.8. The molecule has 10 heteroatoms. The molecule has 1 N–H and O–H groups in total. The van der Waals surface area contributed by atoms with Gasteiger partial charge in [-0.15, -0.1) is 11.3 Å². The lowest BCUT2D eigenvalue weighted by Gasteiger charge is -2.24. The maximum atomic E-state index is 14.4. The fourth-order valence-corrected chi connectivity index (χ4v) is 6.35. The van der Waals surface area contributed by atoms with Crippen LogP contribution in [0.15, 0.2) is 53.4 Å². The zero-order chi connectivity index (χ0) is 27.4. The lowest BCUT2D eigenvalue weighted by molar-refractivity contribution is -0.132. The number of halogens is 2. The molecule has 1 amide bonds. The minimum Gasteiger partial charge on any atom is -0.507 e. The van der Waals surface area contributed by atoms with Gasteiger partial charge in [0.1, 0.15) is 28.9 Å². The third kappa shape index (κ3) is 4.37. The first-order valence-corrected chi connectivity index (χ1v) is 13.6. The number of aromatic nitrogens is 1. The number of ether oxygens (including phenoxy) is 1. The number of hydrogen-bond donors (Lipinski definition) is 1. The average Bonchev–Trinajstić information content (AvgIpc) is 3.57. The summed E-state index contributed by atoms with van der Waals surface area (Å²) in [4.78, 5) is 32.8. The Bertz CT molecular complexity index is 1600. The summed E-state index contributed by atoms with van der Waals surface area (Å²) in [5.74, 6) is -3.11. The van der Waals surface area contributed by atoms with Crippen LogP contribution in [0.1, 0.15) is 49.7 Å². The van der Waals surface area contributed by atoms with Crippen molar-refractivity contribution in [2.24, 2.45) is 0 Å². The number of anilines is 1. The van der Waals surface area contributed by atoms with Crippen LogP contribution in [0.3, 0.4) is 0 Å². The predicted molar refractivity (Wildman–Crippen MR) is 145 cm³/mol. The summed E-state index contributed by atoms with van der Waals surface area (Å²) in [7, 11) is 0. The van der Waals surface area contributed by atoms with Gasteiger partial charge in [0.25, 0.3) is 5.78 Å². The number of benzene rings is 2. The Kier molecular flexibility index (Phi) is 6.56. The van der Waals surface area contributed by atoms with Crippen molar-refractivity contribution in [2.75, 3.05) is 11.5 Å². The lowest BCUT2D eigenvalue weighted by atomic mass is 9.84. The molecule has 196 valence electrons. The number of amides is 1. The van der Waals surface area contributed by atoms with E-state index in [0.717, 1.165) is 33.9 Å². The van der Waals surface area contributed by atoms with E-state index in [-0.39, 0.29) is 32.1 Å². The fourth-order valence-electron chi connectivity index (χ4n) is 4.49. The Morgan fingerprint density at radius 1 is 1.16 bits per heavy atom. The maximum absolute atomic E-state index is 14.4. The molecule has 1 atom stereocenters. The maximum Gasteiger partial charge on any atom is 0.301 e. The number of carbonyl (C=O) groups is 2. The van der Waals surface area contributed by atoms with Crippen molar-refractivity contribution in [3.05, 3.63) is 81.1 Å². The molecule has 6 nitrogen and oxygen atoms in total. The number of nitrogens with zero attached hydrogens (tertiary/aromatic N) is 2. The zero-order valence-corrected chi connectivity index (χ0v) is 22.7. The van der Waals surface area contributed by atoms with E-state index in [1.54, 1.807) is 35.7 Å². The highest BCUT2D eigenvalue weighted by Crippen LogP contribution is 2.46. The number of rotatable bonds is 5. The van der Waals surface area contributed by atoms with E-state index < -0.39 is 29.4 Å². The van der Waals surface area contributed by atoms with Crippen LogP contribution in [-0.2, 0) is 15.0 Å². The highest BCUT2D eigenvalue weighted by atomic mass is 32.1. The molecule has 0 spiro atoms. The van der Waals surface area contributed by atoms with Gasteiger partial charge in [-0.3, -0.25) is 14.5 Å². The van der Waals surface area contributed by atoms with Crippen LogP contribution in [0.5, 0.6) is 5.75 Å². The predicted octanol–water partition coefficient (Wildman–Crippen LogP) is 6.96. The molecule has 0 saturated carbocycles. The van der Waals surface area contributed by atoms with E-state index >= 15 is 0 Å². The van der Waals surface area contributed by atoms with Gasteiger partial charge in [0.05, 0.1) is 16.9 Å². The van der Waals surface area contributed by atoms with E-state index in [1.165, 1.54) is 11.3 Å². The van der Waals surface area contributed by atoms with Crippen molar-refractivity contribution in [1.29, 1.82) is 0 Å². The summed E-state index contributed by atoms with van der Waals surface area (Å²) in [5.41, 5.74) is 0.650. The number of fused-ring (bicyclic) bond motifs is 1. The quantitative estimate of drug-likeness (QED) is 0.164. The van der Waals surface area contributed by atoms with E-state index in [9.17, 15) is 23.5 Å². The number of aliphatic hydroxyl groups is 1. The van der Waals surface area contributed by atoms with Crippen molar-refractivity contribution in [3.8, 4) is 5.75 Å². The number of thiophene rings is 1. The van der Waals surface area contributed by atoms with E-state index in [2.05, 4.69) is 4.98 Å². The molecule has 1 fully saturated rings. The van der Waals surface area contributed by atoms with Gasteiger partial charge < -0.3 is 9.84 Å². The van der Waals surface area contributed by atoms with Gasteiger partial charge in [-0.2, -0.15) is 0 Å². The van der Waals surface area contributed by atoms with Crippen LogP contribution in [0.2, 0.25) is 0 Å². The Balaban J connectivity index is 1.70. The topological polar surface area (TPSA) is 79.7 Å². The van der Waals surface area contributed by atoms with Crippen molar-refractivity contribution < 1.29 is 28.2 Å². The largest absolute Gasteiger partial charge is 0.507 e. The van der Waals surface area contributed by atoms with Crippen LogP contribution in [0.25, 0.3) is 16.0 Å². The van der Waals surface area contributed by atoms with Gasteiger partial charge >= 0.3 is 5.91 Å². The standard InChI is InChI=1S/C28H24F2N2O4S2/c1-5-36-18-9-8-14(11-16(18)28(2,3)4)24(33)21-23(19-7-6-10-37-19)32(26(35)25(21)34)27-31-22-17(30)12-15(29)13-20(22)38-27/h6-13,23,33H,5H2,1-4H3/b24-21+. The summed E-state index contributed by atoms with van der Waals surface area (Å²) in [6.07, 6.45) is 0. The zero-order valence-electron chi connectivity index (χ0n) is 21.0. The summed E-state index contributed by atoms with van der Waals surface area (Å²) in [5, 5.41) is 13.3. The molecule has 38 heavy (non-hydrogen) atoms. The third-order valence-corrected chi connectivity index (χ3v) is 8.15. The highest BCUT2D eigenvalue weighted by molar-refractivity contribution is 7.22. The molecule has 1 aliphatic rings. The Hall–Kier alpha value is -3.63. The van der Waals surface area contributed by atoms with Crippen molar-refractivity contribution >= 4 is 55.5 Å². The molecule has 0 radical (unpaired) electrons. The molecule has 0 bridgehead atoms. The van der Waals surface area contributed by atoms with Crippen LogP contribution >= 0.6 is 22.7 Å². The van der Waals surface area contributed by atoms with E-state index in [0.29, 0.717) is 22.8 Å². The fraction of sp³-hybridized carbons (Fsp3) is 0.250. The Morgan fingerprint density at radius 3 is 2.58 bits per heavy atom.